The minimum absolute atomic E-state index is 0.0763. The van der Waals surface area contributed by atoms with E-state index in [4.69, 9.17) is 9.47 Å². The fourth-order valence-corrected chi connectivity index (χ4v) is 3.50. The summed E-state index contributed by atoms with van der Waals surface area (Å²) in [7, 11) is 0.0433. The summed E-state index contributed by atoms with van der Waals surface area (Å²) in [5.41, 5.74) is 0.136. The van der Waals surface area contributed by atoms with E-state index in [2.05, 4.69) is 4.72 Å². The van der Waals surface area contributed by atoms with Crippen LogP contribution in [0.5, 0.6) is 11.5 Å². The molecule has 0 aliphatic carbocycles. The summed E-state index contributed by atoms with van der Waals surface area (Å²) in [5.74, 6) is -0.584. The number of carbonyl (C=O) groups is 1. The molecule has 2 aromatic carbocycles. The van der Waals surface area contributed by atoms with Gasteiger partial charge in [0.15, 0.2) is 0 Å². The highest BCUT2D eigenvalue weighted by atomic mass is 32.2. The Morgan fingerprint density at radius 2 is 1.81 bits per heavy atom. The van der Waals surface area contributed by atoms with Gasteiger partial charge in [0, 0.05) is 26.1 Å². The highest BCUT2D eigenvalue weighted by Crippen LogP contribution is 2.33. The van der Waals surface area contributed by atoms with Crippen LogP contribution in [0.25, 0.3) is 0 Å². The summed E-state index contributed by atoms with van der Waals surface area (Å²) in [4.78, 5) is 12.6. The number of anilines is 2. The van der Waals surface area contributed by atoms with Gasteiger partial charge in [-0.15, -0.1) is 0 Å². The van der Waals surface area contributed by atoms with E-state index in [1.165, 1.54) is 51.3 Å². The first kappa shape index (κ1) is 19.5. The van der Waals surface area contributed by atoms with Gasteiger partial charge in [0.2, 0.25) is 5.91 Å². The number of amides is 1. The SMILES string of the molecule is COc1ccc(OC)c(S(=O)(=O)Nc2cc(F)ccc2N(C)C(C)=O)c1. The number of sulfonamides is 1. The fourth-order valence-electron chi connectivity index (χ4n) is 2.25. The van der Waals surface area contributed by atoms with Gasteiger partial charge < -0.3 is 14.4 Å². The second-order valence-electron chi connectivity index (χ2n) is 5.36. The zero-order valence-electron chi connectivity index (χ0n) is 14.7. The van der Waals surface area contributed by atoms with Crippen molar-refractivity contribution in [2.75, 3.05) is 30.9 Å². The van der Waals surface area contributed by atoms with Gasteiger partial charge in [-0.05, 0) is 24.3 Å². The smallest absolute Gasteiger partial charge is 0.265 e. The molecule has 0 bridgehead atoms. The first-order valence-electron chi connectivity index (χ1n) is 7.48. The number of hydrogen-bond acceptors (Lipinski definition) is 5. The summed E-state index contributed by atoms with van der Waals surface area (Å²) >= 11 is 0. The number of benzene rings is 2. The van der Waals surface area contributed by atoms with Crippen LogP contribution in [-0.4, -0.2) is 35.6 Å². The minimum Gasteiger partial charge on any atom is -0.497 e. The van der Waals surface area contributed by atoms with E-state index in [0.717, 1.165) is 12.1 Å². The largest absolute Gasteiger partial charge is 0.497 e. The van der Waals surface area contributed by atoms with Gasteiger partial charge in [0.1, 0.15) is 22.2 Å². The highest BCUT2D eigenvalue weighted by molar-refractivity contribution is 7.92. The second-order valence-corrected chi connectivity index (χ2v) is 7.01. The maximum atomic E-state index is 13.7. The minimum atomic E-state index is -4.15. The van der Waals surface area contributed by atoms with Gasteiger partial charge >= 0.3 is 0 Å². The molecular weight excluding hydrogens is 363 g/mol. The lowest BCUT2D eigenvalue weighted by atomic mass is 10.2. The molecule has 0 aromatic heterocycles. The molecule has 0 radical (unpaired) electrons. The van der Waals surface area contributed by atoms with E-state index < -0.39 is 15.8 Å². The van der Waals surface area contributed by atoms with Gasteiger partial charge in [0.25, 0.3) is 10.0 Å². The quantitative estimate of drug-likeness (QED) is 0.830. The van der Waals surface area contributed by atoms with Crippen LogP contribution in [0.4, 0.5) is 15.8 Å². The number of hydrogen-bond donors (Lipinski definition) is 1. The Kier molecular flexibility index (Phi) is 5.71. The van der Waals surface area contributed by atoms with Crippen LogP contribution in [-0.2, 0) is 14.8 Å². The molecule has 0 spiro atoms. The predicted octanol–water partition coefficient (Wildman–Crippen LogP) is 2.63. The van der Waals surface area contributed by atoms with Crippen LogP contribution in [0, 0.1) is 5.82 Å². The molecule has 0 saturated carbocycles. The molecule has 0 unspecified atom stereocenters. The van der Waals surface area contributed by atoms with Crippen molar-refractivity contribution >= 4 is 27.3 Å². The molecule has 0 heterocycles. The number of rotatable bonds is 6. The van der Waals surface area contributed by atoms with Crippen molar-refractivity contribution in [3.63, 3.8) is 0 Å². The zero-order valence-corrected chi connectivity index (χ0v) is 15.6. The number of methoxy groups -OCH3 is 2. The van der Waals surface area contributed by atoms with Crippen LogP contribution < -0.4 is 19.1 Å². The van der Waals surface area contributed by atoms with E-state index in [1.807, 2.05) is 0 Å². The third-order valence-electron chi connectivity index (χ3n) is 3.70. The Balaban J connectivity index is 2.54. The molecule has 1 amide bonds. The topological polar surface area (TPSA) is 84.9 Å². The summed E-state index contributed by atoms with van der Waals surface area (Å²) in [5, 5.41) is 0. The number of carbonyl (C=O) groups excluding carboxylic acids is 1. The molecule has 9 heteroatoms. The van der Waals surface area contributed by atoms with Crippen molar-refractivity contribution in [3.05, 3.63) is 42.2 Å². The van der Waals surface area contributed by atoms with Crippen LogP contribution in [0.3, 0.4) is 0 Å². The van der Waals surface area contributed by atoms with Gasteiger partial charge in [0.05, 0.1) is 25.6 Å². The molecule has 0 aliphatic heterocycles. The van der Waals surface area contributed by atoms with Crippen molar-refractivity contribution in [1.82, 2.24) is 0 Å². The summed E-state index contributed by atoms with van der Waals surface area (Å²) in [6, 6.07) is 7.74. The summed E-state index contributed by atoms with van der Waals surface area (Å²) < 4.78 is 51.8. The van der Waals surface area contributed by atoms with Gasteiger partial charge in [-0.25, -0.2) is 12.8 Å². The predicted molar refractivity (Wildman–Crippen MR) is 95.8 cm³/mol. The van der Waals surface area contributed by atoms with Gasteiger partial charge in [-0.3, -0.25) is 9.52 Å². The summed E-state index contributed by atoms with van der Waals surface area (Å²) in [6.07, 6.45) is 0. The Morgan fingerprint density at radius 1 is 1.12 bits per heavy atom. The van der Waals surface area contributed by atoms with Crippen LogP contribution in [0.2, 0.25) is 0 Å². The number of nitrogens with zero attached hydrogens (tertiary/aromatic N) is 1. The van der Waals surface area contributed by atoms with Crippen LogP contribution in [0.15, 0.2) is 41.3 Å². The van der Waals surface area contributed by atoms with E-state index in [1.54, 1.807) is 6.07 Å². The third-order valence-corrected chi connectivity index (χ3v) is 5.08. The molecule has 7 nitrogen and oxygen atoms in total. The Bertz CT molecular complexity index is 931. The third kappa shape index (κ3) is 4.05. The number of ether oxygens (including phenoxy) is 2. The molecule has 26 heavy (non-hydrogen) atoms. The van der Waals surface area contributed by atoms with E-state index in [0.29, 0.717) is 5.75 Å². The van der Waals surface area contributed by atoms with Crippen molar-refractivity contribution in [3.8, 4) is 11.5 Å². The molecule has 0 fully saturated rings. The van der Waals surface area contributed by atoms with Crippen molar-refractivity contribution in [1.29, 1.82) is 0 Å². The lowest BCUT2D eigenvalue weighted by Gasteiger charge is -2.20. The first-order chi connectivity index (χ1) is 12.2. The first-order valence-corrected chi connectivity index (χ1v) is 8.96. The molecule has 0 aliphatic rings. The molecule has 2 rings (SSSR count). The maximum Gasteiger partial charge on any atom is 0.265 e. The molecule has 2 aromatic rings. The second kappa shape index (κ2) is 7.61. The van der Waals surface area contributed by atoms with E-state index in [-0.39, 0.29) is 27.9 Å². The Labute approximate surface area is 151 Å². The number of nitrogens with one attached hydrogen (secondary N) is 1. The van der Waals surface area contributed by atoms with Crippen LogP contribution >= 0.6 is 0 Å². The fraction of sp³-hybridized carbons (Fsp3) is 0.235. The highest BCUT2D eigenvalue weighted by Gasteiger charge is 2.23. The lowest BCUT2D eigenvalue weighted by Crippen LogP contribution is -2.25. The average Bonchev–Trinajstić information content (AvgIpc) is 2.60. The average molecular weight is 382 g/mol. The Hall–Kier alpha value is -2.81. The van der Waals surface area contributed by atoms with Crippen molar-refractivity contribution in [2.45, 2.75) is 11.8 Å². The normalized spacial score (nSPS) is 11.0. The molecule has 0 atom stereocenters. The van der Waals surface area contributed by atoms with Crippen molar-refractivity contribution < 1.29 is 27.1 Å². The Morgan fingerprint density at radius 3 is 2.38 bits per heavy atom. The number of halogens is 1. The maximum absolute atomic E-state index is 13.7. The molecule has 0 saturated heterocycles. The summed E-state index contributed by atoms with van der Waals surface area (Å²) in [6.45, 7) is 1.31. The van der Waals surface area contributed by atoms with Crippen molar-refractivity contribution in [2.24, 2.45) is 0 Å². The van der Waals surface area contributed by atoms with E-state index >= 15 is 0 Å². The molecule has 1 N–H and O–H groups in total. The van der Waals surface area contributed by atoms with Gasteiger partial charge in [-0.1, -0.05) is 0 Å². The van der Waals surface area contributed by atoms with E-state index in [9.17, 15) is 17.6 Å². The van der Waals surface area contributed by atoms with Crippen LogP contribution in [0.1, 0.15) is 6.92 Å². The van der Waals surface area contributed by atoms with Gasteiger partial charge in [-0.2, -0.15) is 0 Å². The zero-order chi connectivity index (χ0) is 19.5. The monoisotopic (exact) mass is 382 g/mol. The molecular formula is C17H19FN2O5S. The lowest BCUT2D eigenvalue weighted by molar-refractivity contribution is -0.116. The standard InChI is InChI=1S/C17H19FN2O5S/c1-11(21)20(2)15-7-5-12(18)9-14(15)19-26(22,23)17-10-13(24-3)6-8-16(17)25-4/h5-10,19H,1-4H3. The molecule has 140 valence electrons.